The number of aryl methyl sites for hydroxylation is 1. The van der Waals surface area contributed by atoms with Crippen molar-refractivity contribution in [3.8, 4) is 0 Å². The van der Waals surface area contributed by atoms with Crippen molar-refractivity contribution in [2.75, 3.05) is 10.6 Å². The van der Waals surface area contributed by atoms with Crippen LogP contribution in [0.2, 0.25) is 10.0 Å². The summed E-state index contributed by atoms with van der Waals surface area (Å²) >= 11 is 11.4. The molecule has 0 spiro atoms. The van der Waals surface area contributed by atoms with Gasteiger partial charge in [0.2, 0.25) is 0 Å². The molecule has 0 aliphatic heterocycles. The van der Waals surface area contributed by atoms with Crippen molar-refractivity contribution in [3.05, 3.63) is 75.5 Å². The molecule has 1 heterocycles. The Bertz CT molecular complexity index is 1090. The summed E-state index contributed by atoms with van der Waals surface area (Å²) in [6.45, 7) is 0. The summed E-state index contributed by atoms with van der Waals surface area (Å²) in [5, 5.41) is 8.66. The highest BCUT2D eigenvalue weighted by Crippen LogP contribution is 2.22. The molecule has 0 fully saturated rings. The maximum Gasteiger partial charge on any atom is 0.274 e. The molecule has 10 heteroatoms. The van der Waals surface area contributed by atoms with Gasteiger partial charge in [0.05, 0.1) is 21.8 Å². The molecule has 0 aliphatic carbocycles. The second-order valence-corrected chi connectivity index (χ2v) is 6.51. The largest absolute Gasteiger partial charge is 0.322 e. The molecule has 0 aliphatic rings. The molecule has 6 nitrogen and oxygen atoms in total. The number of aromatic nitrogens is 2. The van der Waals surface area contributed by atoms with Gasteiger partial charge in [-0.1, -0.05) is 23.2 Å². The third kappa shape index (κ3) is 4.13. The van der Waals surface area contributed by atoms with Crippen molar-refractivity contribution >= 4 is 46.4 Å². The number of hydrogen-bond acceptors (Lipinski definition) is 3. The van der Waals surface area contributed by atoms with Crippen molar-refractivity contribution in [1.29, 1.82) is 0 Å². The standard InChI is InChI=1S/C18H12Cl2F2N4O2/c1-26-16(18(28)25-10-3-5-15(22)13(20)7-10)11(8-23-26)17(27)24-9-2-4-14(21)12(19)6-9/h2-8H,1H3,(H,24,27)(H,25,28). The van der Waals surface area contributed by atoms with Crippen LogP contribution in [0.1, 0.15) is 20.8 Å². The SMILES string of the molecule is Cn1ncc(C(=O)Nc2ccc(F)c(Cl)c2)c1C(=O)Nc1ccc(F)c(Cl)c1. The molecule has 0 radical (unpaired) electrons. The molecule has 28 heavy (non-hydrogen) atoms. The molecular weight excluding hydrogens is 413 g/mol. The first-order valence-electron chi connectivity index (χ1n) is 7.81. The minimum atomic E-state index is -0.648. The first kappa shape index (κ1) is 19.8. The van der Waals surface area contributed by atoms with E-state index in [2.05, 4.69) is 15.7 Å². The third-order valence-electron chi connectivity index (χ3n) is 3.75. The number of carbonyl (C=O) groups excluding carboxylic acids is 2. The van der Waals surface area contributed by atoms with Crippen LogP contribution >= 0.6 is 23.2 Å². The van der Waals surface area contributed by atoms with E-state index in [9.17, 15) is 18.4 Å². The van der Waals surface area contributed by atoms with E-state index in [0.717, 1.165) is 12.1 Å². The molecule has 0 saturated heterocycles. The first-order valence-corrected chi connectivity index (χ1v) is 8.56. The fourth-order valence-corrected chi connectivity index (χ4v) is 2.77. The Hall–Kier alpha value is -2.97. The summed E-state index contributed by atoms with van der Waals surface area (Å²) in [4.78, 5) is 25.2. The maximum absolute atomic E-state index is 13.3. The van der Waals surface area contributed by atoms with Gasteiger partial charge in [0.25, 0.3) is 11.8 Å². The van der Waals surface area contributed by atoms with E-state index in [4.69, 9.17) is 23.2 Å². The fraction of sp³-hybridized carbons (Fsp3) is 0.0556. The topological polar surface area (TPSA) is 76.0 Å². The van der Waals surface area contributed by atoms with E-state index >= 15 is 0 Å². The number of halogens is 4. The molecule has 2 N–H and O–H groups in total. The molecule has 1 aromatic heterocycles. The van der Waals surface area contributed by atoms with Crippen LogP contribution in [0.5, 0.6) is 0 Å². The van der Waals surface area contributed by atoms with Gasteiger partial charge in [-0.15, -0.1) is 0 Å². The lowest BCUT2D eigenvalue weighted by Gasteiger charge is -2.09. The Morgan fingerprint density at radius 3 is 1.93 bits per heavy atom. The summed E-state index contributed by atoms with van der Waals surface area (Å²) in [6, 6.07) is 7.35. The van der Waals surface area contributed by atoms with Crippen LogP contribution in [0.3, 0.4) is 0 Å². The van der Waals surface area contributed by atoms with Crippen molar-refractivity contribution in [3.63, 3.8) is 0 Å². The Morgan fingerprint density at radius 2 is 1.43 bits per heavy atom. The molecule has 0 saturated carbocycles. The second kappa shape index (κ2) is 7.95. The highest BCUT2D eigenvalue weighted by Gasteiger charge is 2.23. The number of benzene rings is 2. The Kier molecular flexibility index (Phi) is 5.62. The van der Waals surface area contributed by atoms with Gasteiger partial charge in [-0.2, -0.15) is 5.10 Å². The van der Waals surface area contributed by atoms with E-state index in [1.807, 2.05) is 0 Å². The van der Waals surface area contributed by atoms with Gasteiger partial charge in [-0.05, 0) is 36.4 Å². The van der Waals surface area contributed by atoms with Gasteiger partial charge in [0.1, 0.15) is 17.3 Å². The predicted molar refractivity (Wildman–Crippen MR) is 102 cm³/mol. The summed E-state index contributed by atoms with van der Waals surface area (Å²) in [5.74, 6) is -2.54. The Morgan fingerprint density at radius 1 is 0.929 bits per heavy atom. The molecule has 3 rings (SSSR count). The molecule has 2 aromatic carbocycles. The van der Waals surface area contributed by atoms with E-state index in [1.54, 1.807) is 0 Å². The number of nitrogens with zero attached hydrogens (tertiary/aromatic N) is 2. The van der Waals surface area contributed by atoms with Crippen molar-refractivity contribution < 1.29 is 18.4 Å². The number of anilines is 2. The lowest BCUT2D eigenvalue weighted by molar-refractivity contribution is 0.0985. The second-order valence-electron chi connectivity index (χ2n) is 5.70. The highest BCUT2D eigenvalue weighted by molar-refractivity contribution is 6.31. The first-order chi connectivity index (χ1) is 13.3. The monoisotopic (exact) mass is 424 g/mol. The average molecular weight is 425 g/mol. The molecule has 0 atom stereocenters. The summed E-state index contributed by atoms with van der Waals surface area (Å²) in [5.41, 5.74) is 0.436. The summed E-state index contributed by atoms with van der Waals surface area (Å²) < 4.78 is 27.7. The van der Waals surface area contributed by atoms with Crippen LogP contribution in [0.4, 0.5) is 20.2 Å². The van der Waals surface area contributed by atoms with E-state index in [0.29, 0.717) is 0 Å². The zero-order valence-corrected chi connectivity index (χ0v) is 15.8. The average Bonchev–Trinajstić information content (AvgIpc) is 3.03. The number of rotatable bonds is 4. The lowest BCUT2D eigenvalue weighted by atomic mass is 10.2. The van der Waals surface area contributed by atoms with E-state index in [1.165, 1.54) is 42.2 Å². The number of nitrogens with one attached hydrogen (secondary N) is 2. The lowest BCUT2D eigenvalue weighted by Crippen LogP contribution is -2.22. The molecule has 3 aromatic rings. The van der Waals surface area contributed by atoms with Crippen molar-refractivity contribution in [1.82, 2.24) is 9.78 Å². The molecule has 0 bridgehead atoms. The molecule has 144 valence electrons. The molecule has 0 unspecified atom stereocenters. The van der Waals surface area contributed by atoms with Crippen LogP contribution < -0.4 is 10.6 Å². The van der Waals surface area contributed by atoms with Crippen LogP contribution in [-0.4, -0.2) is 21.6 Å². The quantitative estimate of drug-likeness (QED) is 0.646. The summed E-state index contributed by atoms with van der Waals surface area (Å²) in [7, 11) is 1.48. The van der Waals surface area contributed by atoms with Gasteiger partial charge in [-0.25, -0.2) is 8.78 Å². The van der Waals surface area contributed by atoms with Crippen LogP contribution in [0, 0.1) is 11.6 Å². The van der Waals surface area contributed by atoms with Gasteiger partial charge in [0.15, 0.2) is 0 Å². The Labute approximate surface area is 168 Å². The third-order valence-corrected chi connectivity index (χ3v) is 4.33. The zero-order chi connectivity index (χ0) is 20.4. The Balaban J connectivity index is 1.83. The fourth-order valence-electron chi connectivity index (χ4n) is 2.41. The van der Waals surface area contributed by atoms with Crippen molar-refractivity contribution in [2.24, 2.45) is 7.05 Å². The van der Waals surface area contributed by atoms with Crippen LogP contribution in [0.25, 0.3) is 0 Å². The smallest absolute Gasteiger partial charge is 0.274 e. The maximum atomic E-state index is 13.3. The molecular formula is C18H12Cl2F2N4O2. The number of amides is 2. The number of hydrogen-bond donors (Lipinski definition) is 2. The van der Waals surface area contributed by atoms with Crippen LogP contribution in [-0.2, 0) is 7.05 Å². The van der Waals surface area contributed by atoms with Crippen molar-refractivity contribution in [2.45, 2.75) is 0 Å². The van der Waals surface area contributed by atoms with E-state index < -0.39 is 23.4 Å². The van der Waals surface area contributed by atoms with E-state index in [-0.39, 0.29) is 32.7 Å². The van der Waals surface area contributed by atoms with Crippen LogP contribution in [0.15, 0.2) is 42.6 Å². The van der Waals surface area contributed by atoms with Gasteiger partial charge < -0.3 is 10.6 Å². The number of carbonyl (C=O) groups is 2. The minimum Gasteiger partial charge on any atom is -0.322 e. The normalized spacial score (nSPS) is 10.6. The van der Waals surface area contributed by atoms with Gasteiger partial charge in [-0.3, -0.25) is 14.3 Å². The minimum absolute atomic E-state index is 0.0198. The van der Waals surface area contributed by atoms with Gasteiger partial charge in [0, 0.05) is 18.4 Å². The molecule has 2 amide bonds. The predicted octanol–water partition coefficient (Wildman–Crippen LogP) is 4.51. The zero-order valence-electron chi connectivity index (χ0n) is 14.3. The highest BCUT2D eigenvalue weighted by atomic mass is 35.5. The summed E-state index contributed by atoms with van der Waals surface area (Å²) in [6.07, 6.45) is 1.22. The van der Waals surface area contributed by atoms with Gasteiger partial charge >= 0.3 is 0 Å².